The molecule has 70 heavy (non-hydrogen) atoms. The molecule has 0 N–H and O–H groups in total. The number of rotatable bonds is 8. The molecule has 3 aliphatic heterocycles. The molecule has 0 aromatic heterocycles. The maximum absolute atomic E-state index is 6.75. The monoisotopic (exact) mass is 973 g/mol. The number of methoxy groups -OCH3 is 4. The van der Waals surface area contributed by atoms with Gasteiger partial charge in [-0.2, -0.15) is 0 Å². The number of fused-ring (bicyclic) bond motifs is 15. The molecule has 4 aromatic rings. The van der Waals surface area contributed by atoms with Crippen molar-refractivity contribution in [3.8, 4) is 46.0 Å². The fraction of sp³-hybridized carbons (Fsp3) is 0.571. The maximum atomic E-state index is 6.75. The fourth-order valence-electron chi connectivity index (χ4n) is 10.1. The van der Waals surface area contributed by atoms with Crippen LogP contribution in [-0.4, -0.2) is 134 Å². The highest BCUT2D eigenvalue weighted by Gasteiger charge is 2.34. The number of hydrogen-bond acceptors (Lipinski definition) is 14. The Morgan fingerprint density at radius 2 is 0.471 bits per heavy atom. The van der Waals surface area contributed by atoms with Gasteiger partial charge in [0.1, 0.15) is 72.4 Å². The molecule has 0 radical (unpaired) electrons. The van der Waals surface area contributed by atoms with Gasteiger partial charge in [-0.25, -0.2) is 0 Å². The summed E-state index contributed by atoms with van der Waals surface area (Å²) in [6.07, 6.45) is 2.89. The molecule has 0 spiro atoms. The van der Waals surface area contributed by atoms with E-state index >= 15 is 0 Å². The second kappa shape index (κ2) is 27.0. The molecule has 0 unspecified atom stereocenters. The minimum absolute atomic E-state index is 0.191. The highest BCUT2D eigenvalue weighted by atomic mass is 16.6. The third-order valence-corrected chi connectivity index (χ3v) is 13.5. The Kier molecular flexibility index (Phi) is 20.4. The Bertz CT molecular complexity index is 2090. The minimum Gasteiger partial charge on any atom is -0.496 e. The summed E-state index contributed by atoms with van der Waals surface area (Å²) in [4.78, 5) is 0. The van der Waals surface area contributed by atoms with Gasteiger partial charge in [0.15, 0.2) is 0 Å². The lowest BCUT2D eigenvalue weighted by atomic mass is 9.77. The van der Waals surface area contributed by atoms with Gasteiger partial charge in [0.25, 0.3) is 0 Å². The van der Waals surface area contributed by atoms with E-state index in [0.29, 0.717) is 152 Å². The Morgan fingerprint density at radius 1 is 0.286 bits per heavy atom. The Hall–Kier alpha value is -4.96. The van der Waals surface area contributed by atoms with Crippen LogP contribution < -0.4 is 37.9 Å². The van der Waals surface area contributed by atoms with Gasteiger partial charge in [0, 0.05) is 92.4 Å². The van der Waals surface area contributed by atoms with Gasteiger partial charge in [-0.3, -0.25) is 0 Å². The van der Waals surface area contributed by atoms with Crippen molar-refractivity contribution in [2.24, 2.45) is 0 Å². The predicted octanol–water partition coefficient (Wildman–Crippen LogP) is 9.84. The summed E-state index contributed by atoms with van der Waals surface area (Å²) in [5, 5.41) is 0. The number of benzene rings is 4. The van der Waals surface area contributed by atoms with Crippen LogP contribution in [0.15, 0.2) is 48.5 Å². The van der Waals surface area contributed by atoms with Crippen LogP contribution in [0.25, 0.3) is 0 Å². The summed E-state index contributed by atoms with van der Waals surface area (Å²) in [5.41, 5.74) is 8.00. The van der Waals surface area contributed by atoms with Crippen molar-refractivity contribution in [3.63, 3.8) is 0 Å². The van der Waals surface area contributed by atoms with Crippen LogP contribution in [0.1, 0.15) is 122 Å². The van der Waals surface area contributed by atoms with Crippen LogP contribution >= 0.6 is 0 Å². The molecule has 1 aliphatic carbocycles. The van der Waals surface area contributed by atoms with Crippen LogP contribution in [-0.2, 0) is 28.4 Å². The van der Waals surface area contributed by atoms with E-state index in [4.69, 9.17) is 66.3 Å². The van der Waals surface area contributed by atoms with Crippen LogP contribution in [0.2, 0.25) is 0 Å². The molecule has 4 aliphatic rings. The van der Waals surface area contributed by atoms with Crippen LogP contribution in [0.3, 0.4) is 0 Å². The maximum Gasteiger partial charge on any atom is 0.126 e. The van der Waals surface area contributed by atoms with Gasteiger partial charge in [0.2, 0.25) is 0 Å². The summed E-state index contributed by atoms with van der Waals surface area (Å²) >= 11 is 0. The van der Waals surface area contributed by atoms with Crippen molar-refractivity contribution < 1.29 is 66.3 Å². The smallest absolute Gasteiger partial charge is 0.126 e. The fourth-order valence-corrected chi connectivity index (χ4v) is 10.1. The summed E-state index contributed by atoms with van der Waals surface area (Å²) in [6.45, 7) is 15.1. The Morgan fingerprint density at radius 3 is 0.643 bits per heavy atom. The number of hydrogen-bond donors (Lipinski definition) is 0. The first-order valence-corrected chi connectivity index (χ1v) is 25.3. The van der Waals surface area contributed by atoms with Crippen molar-refractivity contribution in [3.05, 3.63) is 93.0 Å². The standard InChI is InChI=1S/C56H76O14/c1-9-37-41-29-47-40(12-4)44-32-46-38(10-2)42-30-48(56(34-50(42)58-6)70-28-24-66-20-16-62-14-18-64-22-26-68-54(46)36-52(44)60-8)39(11-3)43-31-45(37)53(35-51(43)59-7)67-25-21-63-17-13-61-15-19-65-23-27-69-55(47)33-49(41)57-5/h29-40H,9-28H2,1-8H3/t37-,38-,39-,40-/m1/s1. The number of ether oxygens (including phenoxy) is 14. The minimum atomic E-state index is -0.196. The van der Waals surface area contributed by atoms with E-state index in [-0.39, 0.29) is 23.7 Å². The highest BCUT2D eigenvalue weighted by molar-refractivity contribution is 5.63. The molecule has 0 saturated heterocycles. The van der Waals surface area contributed by atoms with E-state index in [9.17, 15) is 0 Å². The molecule has 0 saturated carbocycles. The van der Waals surface area contributed by atoms with Crippen LogP contribution in [0, 0.1) is 0 Å². The van der Waals surface area contributed by atoms with Gasteiger partial charge in [-0.05, 0) is 49.9 Å². The molecule has 3 heterocycles. The first-order valence-electron chi connectivity index (χ1n) is 25.3. The van der Waals surface area contributed by atoms with Gasteiger partial charge < -0.3 is 66.3 Å². The molecule has 384 valence electrons. The van der Waals surface area contributed by atoms with Crippen molar-refractivity contribution in [2.75, 3.05) is 134 Å². The third kappa shape index (κ3) is 12.6. The molecule has 10 bridgehead atoms. The summed E-state index contributed by atoms with van der Waals surface area (Å²) in [7, 11) is 6.88. The lowest BCUT2D eigenvalue weighted by Crippen LogP contribution is -2.18. The molecular weight excluding hydrogens is 897 g/mol. The Balaban J connectivity index is 1.58. The van der Waals surface area contributed by atoms with Gasteiger partial charge >= 0.3 is 0 Å². The molecule has 4 atom stereocenters. The lowest BCUT2D eigenvalue weighted by molar-refractivity contribution is 0.00483. The van der Waals surface area contributed by atoms with E-state index in [1.165, 1.54) is 0 Å². The van der Waals surface area contributed by atoms with E-state index in [0.717, 1.165) is 70.2 Å². The average Bonchev–Trinajstić information content (AvgIpc) is 3.38. The zero-order valence-electron chi connectivity index (χ0n) is 42.8. The highest BCUT2D eigenvalue weighted by Crippen LogP contribution is 2.52. The van der Waals surface area contributed by atoms with Crippen molar-refractivity contribution in [1.82, 2.24) is 0 Å². The van der Waals surface area contributed by atoms with Crippen molar-refractivity contribution >= 4 is 0 Å². The first kappa shape index (κ1) is 52.9. The van der Waals surface area contributed by atoms with E-state index in [1.807, 2.05) is 24.3 Å². The van der Waals surface area contributed by atoms with Crippen LogP contribution in [0.4, 0.5) is 0 Å². The summed E-state index contributed by atoms with van der Waals surface area (Å²) in [5.74, 6) is 4.86. The molecular formula is C56H76O14. The summed E-state index contributed by atoms with van der Waals surface area (Å²) < 4.78 is 88.0. The average molecular weight is 973 g/mol. The zero-order chi connectivity index (χ0) is 49.2. The molecule has 8 rings (SSSR count). The van der Waals surface area contributed by atoms with E-state index < -0.39 is 0 Å². The molecule has 0 amide bonds. The zero-order valence-corrected chi connectivity index (χ0v) is 42.8. The van der Waals surface area contributed by atoms with Gasteiger partial charge in [-0.15, -0.1) is 0 Å². The van der Waals surface area contributed by atoms with Gasteiger partial charge in [0.05, 0.1) is 108 Å². The molecule has 4 aromatic carbocycles. The van der Waals surface area contributed by atoms with Crippen LogP contribution in [0.5, 0.6) is 46.0 Å². The molecule has 14 nitrogen and oxygen atoms in total. The van der Waals surface area contributed by atoms with Gasteiger partial charge in [-0.1, -0.05) is 27.7 Å². The van der Waals surface area contributed by atoms with Crippen molar-refractivity contribution in [1.29, 1.82) is 0 Å². The van der Waals surface area contributed by atoms with E-state index in [2.05, 4.69) is 52.0 Å². The SMILES string of the molecule is CC[C@@H]1c2cc3c(cc2OC)OCCOCCOCCOCCOc2cc(OC)c(cc21)[C@@H](CC)c1cc2c(OC)cc1OCCOCCOCCOCCOc1cc(OC)c(cc1[C@@H]2CC)[C@H]3CC. The largest absolute Gasteiger partial charge is 0.496 e. The third-order valence-electron chi connectivity index (χ3n) is 13.5. The molecule has 0 fully saturated rings. The second-order valence-electron chi connectivity index (χ2n) is 17.4. The van der Waals surface area contributed by atoms with Crippen molar-refractivity contribution in [2.45, 2.75) is 77.0 Å². The second-order valence-corrected chi connectivity index (χ2v) is 17.4. The van der Waals surface area contributed by atoms with E-state index in [1.54, 1.807) is 28.4 Å². The lowest BCUT2D eigenvalue weighted by Gasteiger charge is -2.31. The quantitative estimate of drug-likeness (QED) is 0.155. The summed E-state index contributed by atoms with van der Waals surface area (Å²) in [6, 6.07) is 17.3. The normalized spacial score (nSPS) is 21.1. The topological polar surface area (TPSA) is 129 Å². The Labute approximate surface area is 415 Å². The molecule has 14 heteroatoms. The first-order chi connectivity index (χ1) is 34.4. The predicted molar refractivity (Wildman–Crippen MR) is 267 cm³/mol.